The predicted molar refractivity (Wildman–Crippen MR) is 204 cm³/mol. The molecule has 7 atom stereocenters. The molecule has 6 aliphatic rings. The Morgan fingerprint density at radius 2 is 1.88 bits per heavy atom. The number of amides is 2. The number of aromatic nitrogens is 2. The van der Waals surface area contributed by atoms with Crippen LogP contribution in [-0.4, -0.2) is 67.7 Å². The van der Waals surface area contributed by atoms with E-state index in [-0.39, 0.29) is 71.2 Å². The van der Waals surface area contributed by atoms with E-state index in [0.29, 0.717) is 58.2 Å². The lowest BCUT2D eigenvalue weighted by atomic mass is 9.78. The van der Waals surface area contributed by atoms with Crippen LogP contribution in [0.5, 0.6) is 0 Å². The van der Waals surface area contributed by atoms with Crippen molar-refractivity contribution >= 4 is 57.0 Å². The predicted octanol–water partition coefficient (Wildman–Crippen LogP) is 10.3. The van der Waals surface area contributed by atoms with Crippen LogP contribution in [0.4, 0.5) is 22.4 Å². The number of halogens is 6. The molecule has 3 aliphatic heterocycles. The molecule has 3 aliphatic carbocycles. The minimum atomic E-state index is -2.64. The molecule has 8 nitrogen and oxygen atoms in total. The fourth-order valence-electron chi connectivity index (χ4n) is 10.3. The normalized spacial score (nSPS) is 27.4. The molecule has 2 aromatic carbocycles. The summed E-state index contributed by atoms with van der Waals surface area (Å²) in [6.45, 7) is 7.52. The van der Waals surface area contributed by atoms with E-state index in [2.05, 4.69) is 6.07 Å². The van der Waals surface area contributed by atoms with Crippen molar-refractivity contribution < 1.29 is 31.9 Å². The Hall–Kier alpha value is -4.08. The maximum Gasteiger partial charge on any atom is 0.410 e. The van der Waals surface area contributed by atoms with Crippen LogP contribution < -0.4 is 0 Å². The lowest BCUT2D eigenvalue weighted by molar-refractivity contribution is -0.145. The number of piperidine rings is 1. The van der Waals surface area contributed by atoms with Crippen molar-refractivity contribution in [2.75, 3.05) is 6.54 Å². The van der Waals surface area contributed by atoms with Gasteiger partial charge >= 0.3 is 6.09 Å². The van der Waals surface area contributed by atoms with Crippen molar-refractivity contribution in [1.82, 2.24) is 19.4 Å². The standard InChI is InChI=1S/C42H41Cl2F4N5O3/c1-19-24-17-30(37-25-15-22(16-26(25)38(46)47)52(37)39(54)42(48)10-11-42)53(35-21-14-29(35)51(18-21)40(55)56-41(2,3)4)36(24)27-13-20(7-6-12-49)31(33(45)34(27)50-19)23-8-5-9-28(43)32(23)44/h5,8-9,13,17,21-22,25-26,29,35,37-38H,6-7,10-11,14-16,18H2,1-4H3/t21-,22-,25+,26+,29-,35+,37-/m1/s1. The Kier molecular flexibility index (Phi) is 8.68. The number of hydrogen-bond donors (Lipinski definition) is 0. The van der Waals surface area contributed by atoms with Crippen molar-refractivity contribution in [2.45, 2.75) is 115 Å². The summed E-state index contributed by atoms with van der Waals surface area (Å²) in [4.78, 5) is 35.7. The van der Waals surface area contributed by atoms with Crippen molar-refractivity contribution in [3.63, 3.8) is 0 Å². The molecule has 4 bridgehead atoms. The maximum atomic E-state index is 17.4. The molecule has 14 heteroatoms. The second kappa shape index (κ2) is 13.0. The number of nitriles is 1. The Labute approximate surface area is 331 Å². The van der Waals surface area contributed by atoms with Crippen molar-refractivity contribution in [1.29, 1.82) is 5.26 Å². The van der Waals surface area contributed by atoms with Crippen LogP contribution >= 0.6 is 23.2 Å². The molecule has 2 amide bonds. The van der Waals surface area contributed by atoms with Gasteiger partial charge in [-0.2, -0.15) is 5.26 Å². The molecule has 3 saturated heterocycles. The van der Waals surface area contributed by atoms with Crippen LogP contribution in [0.3, 0.4) is 0 Å². The third kappa shape index (κ3) is 5.61. The first-order chi connectivity index (χ1) is 26.5. The number of rotatable bonds is 7. The zero-order valence-corrected chi connectivity index (χ0v) is 32.9. The highest BCUT2D eigenvalue weighted by atomic mass is 35.5. The van der Waals surface area contributed by atoms with Gasteiger partial charge in [0.2, 0.25) is 6.43 Å². The van der Waals surface area contributed by atoms with E-state index in [1.807, 2.05) is 16.7 Å². The Balaban J connectivity index is 1.31. The maximum absolute atomic E-state index is 17.4. The summed E-state index contributed by atoms with van der Waals surface area (Å²) < 4.78 is 70.5. The molecule has 294 valence electrons. The minimum Gasteiger partial charge on any atom is -0.444 e. The summed E-state index contributed by atoms with van der Waals surface area (Å²) in [5.41, 5.74) is -0.113. The van der Waals surface area contributed by atoms with Gasteiger partial charge in [-0.3, -0.25) is 4.79 Å². The zero-order valence-electron chi connectivity index (χ0n) is 31.4. The topological polar surface area (TPSA) is 91.5 Å². The second-order valence-electron chi connectivity index (χ2n) is 17.4. The number of ether oxygens (including phenoxy) is 1. The molecule has 2 aromatic heterocycles. The molecule has 0 spiro atoms. The third-order valence-electron chi connectivity index (χ3n) is 12.9. The number of pyridine rings is 1. The zero-order chi connectivity index (χ0) is 39.7. The Morgan fingerprint density at radius 3 is 2.55 bits per heavy atom. The summed E-state index contributed by atoms with van der Waals surface area (Å²) in [5, 5.41) is 11.1. The van der Waals surface area contributed by atoms with E-state index < -0.39 is 59.4 Å². The van der Waals surface area contributed by atoms with Gasteiger partial charge in [-0.1, -0.05) is 35.3 Å². The average Bonchev–Trinajstić information content (AvgIpc) is 3.66. The summed E-state index contributed by atoms with van der Waals surface area (Å²) in [7, 11) is 0. The van der Waals surface area contributed by atoms with Crippen LogP contribution in [0.15, 0.2) is 30.3 Å². The highest BCUT2D eigenvalue weighted by Gasteiger charge is 2.64. The smallest absolute Gasteiger partial charge is 0.410 e. The summed E-state index contributed by atoms with van der Waals surface area (Å²) in [5.74, 6) is -3.04. The molecule has 4 aromatic rings. The molecule has 0 N–H and O–H groups in total. The first-order valence-electron chi connectivity index (χ1n) is 19.3. The van der Waals surface area contributed by atoms with Crippen LogP contribution in [0, 0.1) is 41.8 Å². The van der Waals surface area contributed by atoms with Crippen LogP contribution in [0.25, 0.3) is 32.9 Å². The number of nitrogens with zero attached hydrogens (tertiary/aromatic N) is 5. The fraction of sp³-hybridized carbons (Fsp3) is 0.524. The molecule has 6 fully saturated rings. The molecular weight excluding hydrogens is 769 g/mol. The summed E-state index contributed by atoms with van der Waals surface area (Å²) in [6.07, 6.45) is -1.61. The van der Waals surface area contributed by atoms with Crippen LogP contribution in [-0.2, 0) is 16.0 Å². The first kappa shape index (κ1) is 37.5. The number of carbonyl (C=O) groups is 2. The number of carbonyl (C=O) groups excluding carboxylic acids is 2. The van der Waals surface area contributed by atoms with E-state index >= 15 is 8.78 Å². The van der Waals surface area contributed by atoms with Crippen molar-refractivity contribution in [2.24, 2.45) is 17.8 Å². The van der Waals surface area contributed by atoms with E-state index in [0.717, 1.165) is 0 Å². The van der Waals surface area contributed by atoms with Gasteiger partial charge in [-0.25, -0.2) is 27.3 Å². The molecular formula is C42H41Cl2F4N5O3. The number of hydrogen-bond acceptors (Lipinski definition) is 5. The van der Waals surface area contributed by atoms with Gasteiger partial charge in [-0.05, 0) is 95.9 Å². The summed E-state index contributed by atoms with van der Waals surface area (Å²) >= 11 is 13.1. The second-order valence-corrected chi connectivity index (χ2v) is 18.2. The van der Waals surface area contributed by atoms with Crippen molar-refractivity contribution in [3.8, 4) is 17.2 Å². The molecule has 56 heavy (non-hydrogen) atoms. The van der Waals surface area contributed by atoms with E-state index in [1.54, 1.807) is 50.8 Å². The lowest BCUT2D eigenvalue weighted by Gasteiger charge is -2.44. The molecule has 5 heterocycles. The van der Waals surface area contributed by atoms with Gasteiger partial charge in [0.05, 0.1) is 39.8 Å². The van der Waals surface area contributed by atoms with Crippen LogP contribution in [0.1, 0.15) is 88.3 Å². The van der Waals surface area contributed by atoms with Crippen molar-refractivity contribution in [3.05, 3.63) is 63.1 Å². The molecule has 0 unspecified atom stereocenters. The number of fused-ring (bicyclic) bond motifs is 6. The van der Waals surface area contributed by atoms with E-state index in [4.69, 9.17) is 32.9 Å². The Morgan fingerprint density at radius 1 is 1.12 bits per heavy atom. The molecule has 10 rings (SSSR count). The van der Waals surface area contributed by atoms with Gasteiger partial charge < -0.3 is 19.1 Å². The number of alkyl halides is 3. The van der Waals surface area contributed by atoms with Gasteiger partial charge in [0.25, 0.3) is 5.91 Å². The number of benzene rings is 2. The van der Waals surface area contributed by atoms with E-state index in [1.165, 1.54) is 4.90 Å². The first-order valence-corrected chi connectivity index (χ1v) is 20.1. The third-order valence-corrected chi connectivity index (χ3v) is 13.7. The largest absolute Gasteiger partial charge is 0.444 e. The van der Waals surface area contributed by atoms with Gasteiger partial charge in [0.1, 0.15) is 11.1 Å². The molecule has 3 saturated carbocycles. The van der Waals surface area contributed by atoms with Gasteiger partial charge in [0, 0.05) is 64.1 Å². The fourth-order valence-corrected chi connectivity index (χ4v) is 10.7. The average molecular weight is 811 g/mol. The number of aryl methyl sites for hydroxylation is 2. The monoisotopic (exact) mass is 809 g/mol. The number of likely N-dealkylation sites (tertiary alicyclic amines) is 1. The summed E-state index contributed by atoms with van der Waals surface area (Å²) in [6, 6.07) is 8.62. The highest BCUT2D eigenvalue weighted by Crippen LogP contribution is 2.60. The van der Waals surface area contributed by atoms with E-state index in [9.17, 15) is 23.6 Å². The van der Waals surface area contributed by atoms with Gasteiger partial charge in [0.15, 0.2) is 11.5 Å². The van der Waals surface area contributed by atoms with Gasteiger partial charge in [-0.15, -0.1) is 0 Å². The SMILES string of the molecule is Cc1nc2c(F)c(-c3cccc(Cl)c3Cl)c(CCC#N)cc2c2c1cc([C@H]1[C@H]3C[C@H](C[C@@H]3C(F)F)N1C(=O)C1(F)CC1)n2[C@H]1[C@@H]2C[C@H]1N(C(=O)OC(C)(C)C)C2. The highest BCUT2D eigenvalue weighted by molar-refractivity contribution is 6.43. The lowest BCUT2D eigenvalue weighted by Crippen LogP contribution is -2.49. The minimum absolute atomic E-state index is 0.0374. The van der Waals surface area contributed by atoms with Crippen LogP contribution in [0.2, 0.25) is 10.0 Å². The quantitative estimate of drug-likeness (QED) is 0.173. The Bertz CT molecular complexity index is 2390. The molecule has 0 radical (unpaired) electrons.